The van der Waals surface area contributed by atoms with Crippen LogP contribution in [0.15, 0.2) is 71.8 Å². The monoisotopic (exact) mass is 404 g/mol. The van der Waals surface area contributed by atoms with Crippen LogP contribution in [0.2, 0.25) is 0 Å². The lowest BCUT2D eigenvalue weighted by atomic mass is 10.2. The lowest BCUT2D eigenvalue weighted by Crippen LogP contribution is -2.46. The zero-order valence-electron chi connectivity index (χ0n) is 15.1. The first-order valence-corrected chi connectivity index (χ1v) is 10.0. The highest BCUT2D eigenvalue weighted by Gasteiger charge is 2.33. The molecule has 1 heterocycles. The summed E-state index contributed by atoms with van der Waals surface area (Å²) in [5, 5.41) is 10.8. The molecule has 3 rings (SSSR count). The second-order valence-electron chi connectivity index (χ2n) is 6.33. The minimum Gasteiger partial charge on any atom is -0.490 e. The number of nitro groups is 1. The van der Waals surface area contributed by atoms with Crippen molar-refractivity contribution in [2.75, 3.05) is 19.7 Å². The summed E-state index contributed by atoms with van der Waals surface area (Å²) in [6, 6.07) is 14.4. The fourth-order valence-electron chi connectivity index (χ4n) is 2.84. The summed E-state index contributed by atoms with van der Waals surface area (Å²) in [5.74, 6) is 0.324. The summed E-state index contributed by atoms with van der Waals surface area (Å²) in [7, 11) is -3.83. The zero-order valence-corrected chi connectivity index (χ0v) is 15.9. The number of morpholine rings is 1. The van der Waals surface area contributed by atoms with E-state index in [2.05, 4.69) is 6.58 Å². The van der Waals surface area contributed by atoms with E-state index in [0.717, 1.165) is 5.56 Å². The lowest BCUT2D eigenvalue weighted by molar-refractivity contribution is -0.384. The molecule has 0 saturated carbocycles. The second-order valence-corrected chi connectivity index (χ2v) is 8.27. The van der Waals surface area contributed by atoms with Gasteiger partial charge in [-0.3, -0.25) is 10.1 Å². The highest BCUT2D eigenvalue weighted by atomic mass is 32.2. The van der Waals surface area contributed by atoms with Crippen molar-refractivity contribution in [3.63, 3.8) is 0 Å². The van der Waals surface area contributed by atoms with Crippen LogP contribution in [0.4, 0.5) is 5.69 Å². The minimum absolute atomic E-state index is 0.0169. The van der Waals surface area contributed by atoms with E-state index in [1.165, 1.54) is 28.6 Å². The molecule has 9 heteroatoms. The summed E-state index contributed by atoms with van der Waals surface area (Å²) in [5.41, 5.74) is 0.838. The van der Waals surface area contributed by atoms with Crippen LogP contribution in [-0.4, -0.2) is 43.4 Å². The molecule has 2 aromatic rings. The highest BCUT2D eigenvalue weighted by Crippen LogP contribution is 2.24. The third-order valence-electron chi connectivity index (χ3n) is 4.19. The summed E-state index contributed by atoms with van der Waals surface area (Å²) in [6.45, 7) is 4.48. The van der Waals surface area contributed by atoms with Crippen molar-refractivity contribution in [1.29, 1.82) is 0 Å². The molecule has 1 saturated heterocycles. The van der Waals surface area contributed by atoms with Crippen molar-refractivity contribution in [3.05, 3.63) is 82.6 Å². The molecule has 8 nitrogen and oxygen atoms in total. The Bertz CT molecular complexity index is 944. The molecule has 0 unspecified atom stereocenters. The van der Waals surface area contributed by atoms with Gasteiger partial charge in [-0.1, -0.05) is 36.9 Å². The topological polar surface area (TPSA) is 99.0 Å². The maximum absolute atomic E-state index is 12.9. The molecule has 0 N–H and O–H groups in total. The summed E-state index contributed by atoms with van der Waals surface area (Å²) >= 11 is 0. The van der Waals surface area contributed by atoms with E-state index in [1.54, 1.807) is 0 Å². The molecule has 2 aromatic carbocycles. The molecule has 0 spiro atoms. The molecule has 0 bridgehead atoms. The van der Waals surface area contributed by atoms with Gasteiger partial charge >= 0.3 is 0 Å². The average molecular weight is 404 g/mol. The van der Waals surface area contributed by atoms with Gasteiger partial charge in [0.15, 0.2) is 0 Å². The Hall–Kier alpha value is -2.75. The molecule has 1 aliphatic rings. The van der Waals surface area contributed by atoms with Crippen LogP contribution in [0, 0.1) is 10.1 Å². The van der Waals surface area contributed by atoms with Crippen LogP contribution < -0.4 is 0 Å². The van der Waals surface area contributed by atoms with Gasteiger partial charge in [-0.15, -0.1) is 0 Å². The van der Waals surface area contributed by atoms with E-state index >= 15 is 0 Å². The Morgan fingerprint density at radius 2 is 1.86 bits per heavy atom. The van der Waals surface area contributed by atoms with Gasteiger partial charge in [0.05, 0.1) is 36.1 Å². The van der Waals surface area contributed by atoms with Gasteiger partial charge in [0.2, 0.25) is 10.0 Å². The Balaban J connectivity index is 1.65. The second kappa shape index (κ2) is 8.51. The summed E-state index contributed by atoms with van der Waals surface area (Å²) in [4.78, 5) is 10.2. The predicted molar refractivity (Wildman–Crippen MR) is 102 cm³/mol. The molecule has 1 aliphatic heterocycles. The van der Waals surface area contributed by atoms with E-state index in [9.17, 15) is 18.5 Å². The lowest BCUT2D eigenvalue weighted by Gasteiger charge is -2.33. The van der Waals surface area contributed by atoms with E-state index < -0.39 is 21.1 Å². The van der Waals surface area contributed by atoms with Gasteiger partial charge in [-0.05, 0) is 17.7 Å². The van der Waals surface area contributed by atoms with Crippen molar-refractivity contribution in [1.82, 2.24) is 4.31 Å². The van der Waals surface area contributed by atoms with Gasteiger partial charge in [0.1, 0.15) is 11.9 Å². The molecule has 0 radical (unpaired) electrons. The first kappa shape index (κ1) is 20.0. The van der Waals surface area contributed by atoms with E-state index in [0.29, 0.717) is 12.4 Å². The largest absolute Gasteiger partial charge is 0.490 e. The Kier molecular flexibility index (Phi) is 6.08. The molecule has 0 aromatic heterocycles. The third kappa shape index (κ3) is 4.75. The van der Waals surface area contributed by atoms with Gasteiger partial charge in [0.25, 0.3) is 5.69 Å². The Morgan fingerprint density at radius 3 is 2.50 bits per heavy atom. The van der Waals surface area contributed by atoms with Crippen LogP contribution in [0.3, 0.4) is 0 Å². The van der Waals surface area contributed by atoms with Crippen molar-refractivity contribution < 1.29 is 22.8 Å². The van der Waals surface area contributed by atoms with E-state index in [-0.39, 0.29) is 30.3 Å². The fraction of sp³-hybridized carbons (Fsp3) is 0.263. The number of nitro benzene ring substituents is 1. The molecule has 1 atom stereocenters. The number of benzene rings is 2. The number of sulfonamides is 1. The SMILES string of the molecule is C=C1CN(S(=O)(=O)c2ccc([N+](=O)[O-])cc2)C[C@H](COCc2ccccc2)O1. The Labute approximate surface area is 163 Å². The average Bonchev–Trinajstić information content (AvgIpc) is 2.68. The van der Waals surface area contributed by atoms with Crippen molar-refractivity contribution >= 4 is 15.7 Å². The molecular weight excluding hydrogens is 384 g/mol. The Morgan fingerprint density at radius 1 is 1.18 bits per heavy atom. The highest BCUT2D eigenvalue weighted by molar-refractivity contribution is 7.89. The maximum Gasteiger partial charge on any atom is 0.269 e. The van der Waals surface area contributed by atoms with Gasteiger partial charge in [0, 0.05) is 12.1 Å². The van der Waals surface area contributed by atoms with Crippen LogP contribution in [0.5, 0.6) is 0 Å². The van der Waals surface area contributed by atoms with Crippen molar-refractivity contribution in [2.45, 2.75) is 17.6 Å². The smallest absolute Gasteiger partial charge is 0.269 e. The zero-order chi connectivity index (χ0) is 20.1. The standard InChI is InChI=1S/C19H20N2O6S/c1-15-11-20(28(24,25)19-9-7-17(8-10-19)21(22)23)12-18(27-15)14-26-13-16-5-3-2-4-6-16/h2-10,18H,1,11-14H2/t18-/m1/s1. The van der Waals surface area contributed by atoms with Gasteiger partial charge in [-0.2, -0.15) is 4.31 Å². The number of rotatable bonds is 7. The molecular formula is C19H20N2O6S. The number of ether oxygens (including phenoxy) is 2. The molecule has 28 heavy (non-hydrogen) atoms. The normalized spacial score (nSPS) is 17.9. The van der Waals surface area contributed by atoms with Crippen LogP contribution in [0.1, 0.15) is 5.56 Å². The van der Waals surface area contributed by atoms with Gasteiger partial charge in [-0.25, -0.2) is 8.42 Å². The molecule has 0 amide bonds. The van der Waals surface area contributed by atoms with Crippen LogP contribution in [-0.2, 0) is 26.1 Å². The van der Waals surface area contributed by atoms with Gasteiger partial charge < -0.3 is 9.47 Å². The predicted octanol–water partition coefficient (Wildman–Crippen LogP) is 2.71. The summed E-state index contributed by atoms with van der Waals surface area (Å²) < 4.78 is 38.3. The first-order valence-electron chi connectivity index (χ1n) is 8.57. The minimum atomic E-state index is -3.83. The quantitative estimate of drug-likeness (QED) is 0.520. The number of hydrogen-bond donors (Lipinski definition) is 0. The summed E-state index contributed by atoms with van der Waals surface area (Å²) in [6.07, 6.45) is -0.488. The number of non-ortho nitro benzene ring substituents is 1. The van der Waals surface area contributed by atoms with Crippen LogP contribution in [0.25, 0.3) is 0 Å². The van der Waals surface area contributed by atoms with E-state index in [4.69, 9.17) is 9.47 Å². The first-order chi connectivity index (χ1) is 13.4. The van der Waals surface area contributed by atoms with Crippen LogP contribution >= 0.6 is 0 Å². The molecule has 1 fully saturated rings. The maximum atomic E-state index is 12.9. The number of hydrogen-bond acceptors (Lipinski definition) is 6. The van der Waals surface area contributed by atoms with E-state index in [1.807, 2.05) is 30.3 Å². The molecule has 148 valence electrons. The fourth-order valence-corrected chi connectivity index (χ4v) is 4.29. The van der Waals surface area contributed by atoms with Crippen molar-refractivity contribution in [2.24, 2.45) is 0 Å². The van der Waals surface area contributed by atoms with Crippen molar-refractivity contribution in [3.8, 4) is 0 Å². The third-order valence-corrected chi connectivity index (χ3v) is 6.02. The number of nitrogens with zero attached hydrogens (tertiary/aromatic N) is 2. The molecule has 0 aliphatic carbocycles.